The number of nitrogens with one attached hydrogen (secondary N) is 1. The number of hydrogen-bond acceptors (Lipinski definition) is 6. The predicted octanol–water partition coefficient (Wildman–Crippen LogP) is 3.38. The number of anilines is 1. The maximum Gasteiger partial charge on any atom is 0.270 e. The van der Waals surface area contributed by atoms with Crippen molar-refractivity contribution in [1.82, 2.24) is 4.31 Å². The molecule has 0 aromatic heterocycles. The number of phenolic OH excluding ortho intramolecular Hbond substituents is 1. The largest absolute Gasteiger partial charge is 0.508 e. The van der Waals surface area contributed by atoms with Gasteiger partial charge in [-0.1, -0.05) is 12.2 Å². The number of rotatable bonds is 4. The zero-order chi connectivity index (χ0) is 20.9. The maximum absolute atomic E-state index is 12.5. The van der Waals surface area contributed by atoms with Gasteiger partial charge >= 0.3 is 0 Å². The van der Waals surface area contributed by atoms with E-state index < -0.39 is 14.9 Å². The molecule has 1 aliphatic heterocycles. The van der Waals surface area contributed by atoms with Gasteiger partial charge < -0.3 is 10.4 Å². The van der Waals surface area contributed by atoms with Gasteiger partial charge in [0, 0.05) is 43.4 Å². The second-order valence-electron chi connectivity index (χ2n) is 7.51. The number of nitro groups is 1. The third-order valence-electron chi connectivity index (χ3n) is 5.67. The van der Waals surface area contributed by atoms with Gasteiger partial charge in [0.25, 0.3) is 5.69 Å². The average Bonchev–Trinajstić information content (AvgIpc) is 3.17. The Hall–Kier alpha value is -2.91. The van der Waals surface area contributed by atoms with Crippen molar-refractivity contribution in [2.45, 2.75) is 23.3 Å². The van der Waals surface area contributed by atoms with Gasteiger partial charge in [0.15, 0.2) is 0 Å². The molecule has 4 rings (SSSR count). The average molecular weight is 415 g/mol. The highest BCUT2D eigenvalue weighted by Crippen LogP contribution is 2.51. The van der Waals surface area contributed by atoms with Crippen LogP contribution in [0.2, 0.25) is 0 Å². The summed E-state index contributed by atoms with van der Waals surface area (Å²) in [6, 6.07) is 8.64. The Kier molecular flexibility index (Phi) is 4.59. The van der Waals surface area contributed by atoms with Crippen molar-refractivity contribution in [2.75, 3.05) is 19.4 Å². The number of phenols is 1. The highest BCUT2D eigenvalue weighted by molar-refractivity contribution is 7.89. The second-order valence-corrected chi connectivity index (χ2v) is 9.66. The molecule has 3 atom stereocenters. The van der Waals surface area contributed by atoms with E-state index >= 15 is 0 Å². The smallest absolute Gasteiger partial charge is 0.270 e. The van der Waals surface area contributed by atoms with Crippen LogP contribution in [-0.4, -0.2) is 36.8 Å². The van der Waals surface area contributed by atoms with E-state index in [1.54, 1.807) is 18.2 Å². The first kappa shape index (κ1) is 19.4. The fourth-order valence-corrected chi connectivity index (χ4v) is 5.09. The number of fused-ring (bicyclic) bond motifs is 3. The van der Waals surface area contributed by atoms with E-state index in [0.29, 0.717) is 12.0 Å². The van der Waals surface area contributed by atoms with Crippen LogP contribution in [-0.2, 0) is 10.0 Å². The molecule has 0 spiro atoms. The minimum Gasteiger partial charge on any atom is -0.508 e. The molecule has 0 radical (unpaired) electrons. The summed E-state index contributed by atoms with van der Waals surface area (Å²) < 4.78 is 26.2. The van der Waals surface area contributed by atoms with Gasteiger partial charge in [-0.15, -0.1) is 0 Å². The summed E-state index contributed by atoms with van der Waals surface area (Å²) in [5.74, 6) is -0.0473. The Bertz CT molecular complexity index is 1130. The van der Waals surface area contributed by atoms with E-state index in [-0.39, 0.29) is 34.2 Å². The Morgan fingerprint density at radius 1 is 1.17 bits per heavy atom. The van der Waals surface area contributed by atoms with Gasteiger partial charge in [-0.25, -0.2) is 12.7 Å². The summed E-state index contributed by atoms with van der Waals surface area (Å²) in [6.07, 6.45) is 4.78. The first-order valence-electron chi connectivity index (χ1n) is 9.17. The first-order valence-corrected chi connectivity index (χ1v) is 10.6. The molecule has 2 aromatic rings. The molecule has 1 aliphatic carbocycles. The molecule has 2 aliphatic rings. The summed E-state index contributed by atoms with van der Waals surface area (Å²) in [5, 5.41) is 24.9. The SMILES string of the molecule is CN(C)S(=O)(=O)c1ccc2c(c1)C1C=CCC1C(c1cc([N+](=O)[O-])ccc1O)N2. The van der Waals surface area contributed by atoms with Crippen LogP contribution < -0.4 is 5.32 Å². The van der Waals surface area contributed by atoms with Crippen LogP contribution in [0.5, 0.6) is 5.75 Å². The predicted molar refractivity (Wildman–Crippen MR) is 108 cm³/mol. The number of nitrogens with zero attached hydrogens (tertiary/aromatic N) is 2. The van der Waals surface area contributed by atoms with Crippen molar-refractivity contribution in [2.24, 2.45) is 5.92 Å². The molecule has 3 unspecified atom stereocenters. The Morgan fingerprint density at radius 3 is 2.62 bits per heavy atom. The maximum atomic E-state index is 12.5. The Labute approximate surface area is 168 Å². The topological polar surface area (TPSA) is 113 Å². The van der Waals surface area contributed by atoms with Crippen LogP contribution in [0.25, 0.3) is 0 Å². The van der Waals surface area contributed by atoms with Gasteiger partial charge in [-0.05, 0) is 42.2 Å². The summed E-state index contributed by atoms with van der Waals surface area (Å²) in [6.45, 7) is 0. The van der Waals surface area contributed by atoms with Crippen molar-refractivity contribution in [3.63, 3.8) is 0 Å². The van der Waals surface area contributed by atoms with Crippen LogP contribution >= 0.6 is 0 Å². The normalized spacial score (nSPS) is 22.8. The number of aromatic hydroxyl groups is 1. The van der Waals surface area contributed by atoms with Crippen LogP contribution in [0, 0.1) is 16.0 Å². The third kappa shape index (κ3) is 3.16. The van der Waals surface area contributed by atoms with Crippen LogP contribution in [0.4, 0.5) is 11.4 Å². The highest BCUT2D eigenvalue weighted by atomic mass is 32.2. The zero-order valence-electron chi connectivity index (χ0n) is 15.9. The fraction of sp³-hybridized carbons (Fsp3) is 0.300. The lowest BCUT2D eigenvalue weighted by Gasteiger charge is -2.37. The Morgan fingerprint density at radius 2 is 1.93 bits per heavy atom. The van der Waals surface area contributed by atoms with Crippen LogP contribution in [0.1, 0.15) is 29.5 Å². The number of allylic oxidation sites excluding steroid dienone is 2. The third-order valence-corrected chi connectivity index (χ3v) is 7.48. The van der Waals surface area contributed by atoms with E-state index in [1.807, 2.05) is 12.2 Å². The van der Waals surface area contributed by atoms with Crippen LogP contribution in [0.15, 0.2) is 53.4 Å². The van der Waals surface area contributed by atoms with E-state index in [1.165, 1.54) is 36.6 Å². The van der Waals surface area contributed by atoms with Gasteiger partial charge in [0.1, 0.15) is 5.75 Å². The van der Waals surface area contributed by atoms with E-state index in [2.05, 4.69) is 5.32 Å². The van der Waals surface area contributed by atoms with E-state index in [9.17, 15) is 23.6 Å². The summed E-state index contributed by atoms with van der Waals surface area (Å²) in [5.41, 5.74) is 2.01. The van der Waals surface area contributed by atoms with E-state index in [4.69, 9.17) is 0 Å². The van der Waals surface area contributed by atoms with Gasteiger partial charge in [-0.2, -0.15) is 0 Å². The lowest BCUT2D eigenvalue weighted by atomic mass is 9.77. The van der Waals surface area contributed by atoms with Crippen molar-refractivity contribution in [3.05, 3.63) is 69.8 Å². The molecular formula is C20H21N3O5S. The van der Waals surface area contributed by atoms with E-state index in [0.717, 1.165) is 11.3 Å². The number of benzene rings is 2. The molecule has 2 aromatic carbocycles. The molecule has 2 N–H and O–H groups in total. The molecular weight excluding hydrogens is 394 g/mol. The van der Waals surface area contributed by atoms with Gasteiger partial charge in [-0.3, -0.25) is 10.1 Å². The minimum atomic E-state index is -3.56. The van der Waals surface area contributed by atoms with Crippen molar-refractivity contribution < 1.29 is 18.4 Å². The minimum absolute atomic E-state index is 0.00555. The summed E-state index contributed by atoms with van der Waals surface area (Å²) >= 11 is 0. The fourth-order valence-electron chi connectivity index (χ4n) is 4.16. The standard InChI is InChI=1S/C20H21N3O5S/c1-22(2)29(27,28)13-7-8-18-16(11-13)14-4-3-5-15(14)20(21-18)17-10-12(23(25)26)6-9-19(17)24/h3-4,6-11,14-15,20-21,24H,5H2,1-2H3. The van der Waals surface area contributed by atoms with Gasteiger partial charge in [0.05, 0.1) is 15.9 Å². The molecule has 8 nitrogen and oxygen atoms in total. The summed E-state index contributed by atoms with van der Waals surface area (Å²) in [7, 11) is -0.575. The molecule has 0 amide bonds. The number of non-ortho nitro benzene ring substituents is 1. The monoisotopic (exact) mass is 415 g/mol. The quantitative estimate of drug-likeness (QED) is 0.450. The number of sulfonamides is 1. The molecule has 0 saturated heterocycles. The first-order chi connectivity index (χ1) is 13.7. The summed E-state index contributed by atoms with van der Waals surface area (Å²) in [4.78, 5) is 10.9. The van der Waals surface area contributed by atoms with Gasteiger partial charge in [0.2, 0.25) is 10.0 Å². The molecule has 152 valence electrons. The molecule has 0 saturated carbocycles. The molecule has 9 heteroatoms. The molecule has 0 bridgehead atoms. The number of nitro benzene ring substituents is 1. The highest BCUT2D eigenvalue weighted by Gasteiger charge is 2.40. The van der Waals surface area contributed by atoms with Crippen molar-refractivity contribution >= 4 is 21.4 Å². The molecule has 0 fully saturated rings. The molecule has 1 heterocycles. The van der Waals surface area contributed by atoms with Crippen LogP contribution in [0.3, 0.4) is 0 Å². The lowest BCUT2D eigenvalue weighted by Crippen LogP contribution is -2.30. The lowest BCUT2D eigenvalue weighted by molar-refractivity contribution is -0.385. The van der Waals surface area contributed by atoms with Crippen molar-refractivity contribution in [3.8, 4) is 5.75 Å². The second kappa shape index (κ2) is 6.85. The van der Waals surface area contributed by atoms with Crippen molar-refractivity contribution in [1.29, 1.82) is 0 Å². The zero-order valence-corrected chi connectivity index (χ0v) is 16.8. The molecule has 29 heavy (non-hydrogen) atoms. The number of hydrogen-bond donors (Lipinski definition) is 2. The Balaban J connectivity index is 1.80.